The zero-order valence-corrected chi connectivity index (χ0v) is 16.3. The topological polar surface area (TPSA) is 24.1 Å². The molecule has 2 atom stereocenters. The van der Waals surface area contributed by atoms with Gasteiger partial charge in [0.25, 0.3) is 0 Å². The van der Waals surface area contributed by atoms with E-state index in [1.807, 2.05) is 18.2 Å². The largest absolute Gasteiger partial charge is 0.309 e. The lowest BCUT2D eigenvalue weighted by atomic mass is 10.0. The number of nitrogens with one attached hydrogen (secondary N) is 2. The van der Waals surface area contributed by atoms with Gasteiger partial charge in [0.1, 0.15) is 0 Å². The maximum atomic E-state index is 6.02. The third kappa shape index (κ3) is 5.07. The first kappa shape index (κ1) is 19.7. The van der Waals surface area contributed by atoms with Crippen molar-refractivity contribution in [1.29, 1.82) is 0 Å². The summed E-state index contributed by atoms with van der Waals surface area (Å²) in [5, 5.41) is 8.03. The molecule has 5 heteroatoms. The molecule has 2 aromatic carbocycles. The predicted molar refractivity (Wildman–Crippen MR) is 105 cm³/mol. The van der Waals surface area contributed by atoms with Gasteiger partial charge in [0, 0.05) is 23.7 Å². The van der Waals surface area contributed by atoms with Crippen molar-refractivity contribution in [2.24, 2.45) is 0 Å². The maximum absolute atomic E-state index is 6.02. The Balaban J connectivity index is 0.00000121. The summed E-state index contributed by atoms with van der Waals surface area (Å²) in [5.74, 6) is 0. The molecule has 0 amide bonds. The first-order valence-electron chi connectivity index (χ1n) is 7.09. The van der Waals surface area contributed by atoms with E-state index in [0.29, 0.717) is 12.1 Å². The van der Waals surface area contributed by atoms with Gasteiger partial charge in [-0.15, -0.1) is 34.0 Å². The summed E-state index contributed by atoms with van der Waals surface area (Å²) in [5.41, 5.74) is 2.59. The van der Waals surface area contributed by atoms with Gasteiger partial charge in [-0.05, 0) is 36.2 Å². The van der Waals surface area contributed by atoms with E-state index < -0.39 is 0 Å². The summed E-state index contributed by atoms with van der Waals surface area (Å²) in [6.45, 7) is 1.92. The summed E-state index contributed by atoms with van der Waals surface area (Å²) in [6, 6.07) is 19.6. The molecule has 1 aliphatic rings. The summed E-state index contributed by atoms with van der Waals surface area (Å²) in [4.78, 5) is 0. The van der Waals surface area contributed by atoms with Crippen molar-refractivity contribution in [3.8, 4) is 0 Å². The predicted octanol–water partition coefficient (Wildman–Crippen LogP) is 4.69. The molecule has 1 aliphatic heterocycles. The van der Waals surface area contributed by atoms with E-state index in [1.54, 1.807) is 0 Å². The second kappa shape index (κ2) is 9.68. The molecule has 3 rings (SSSR count). The quantitative estimate of drug-likeness (QED) is 0.709. The van der Waals surface area contributed by atoms with Crippen molar-refractivity contribution >= 4 is 45.6 Å². The minimum atomic E-state index is 0. The fourth-order valence-corrected chi connectivity index (χ4v) is 3.04. The fourth-order valence-electron chi connectivity index (χ4n) is 2.83. The van der Waals surface area contributed by atoms with Crippen LogP contribution in [0.25, 0.3) is 0 Å². The second-order valence-electron chi connectivity index (χ2n) is 5.25. The minimum Gasteiger partial charge on any atom is -0.309 e. The third-order valence-corrected chi connectivity index (χ3v) is 4.07. The summed E-state index contributed by atoms with van der Waals surface area (Å²) in [6.07, 6.45) is 1.15. The zero-order chi connectivity index (χ0) is 13.8. The molecule has 0 aromatic heterocycles. The van der Waals surface area contributed by atoms with Crippen molar-refractivity contribution in [2.45, 2.75) is 25.0 Å². The first-order valence-corrected chi connectivity index (χ1v) is 7.47. The summed E-state index contributed by atoms with van der Waals surface area (Å²) >= 11 is 6.02. The molecular weight excluding hydrogens is 427 g/mol. The Morgan fingerprint density at radius 3 is 2.55 bits per heavy atom. The van der Waals surface area contributed by atoms with Gasteiger partial charge in [-0.1, -0.05) is 54.1 Å². The number of rotatable bonds is 4. The van der Waals surface area contributed by atoms with Gasteiger partial charge in [-0.3, -0.25) is 0 Å². The minimum absolute atomic E-state index is 0. The molecule has 0 spiro atoms. The number of hydrogen-bond donors (Lipinski definition) is 2. The molecule has 1 fully saturated rings. The SMILES string of the molecule is Br.Br.Clc1cccc(CN[C@H]2CCN[C@H]2c2ccccc2)c1. The molecule has 0 unspecified atom stereocenters. The normalized spacial score (nSPS) is 20.0. The highest BCUT2D eigenvalue weighted by molar-refractivity contribution is 8.93. The number of benzene rings is 2. The lowest BCUT2D eigenvalue weighted by Gasteiger charge is -2.21. The molecule has 1 heterocycles. The van der Waals surface area contributed by atoms with E-state index >= 15 is 0 Å². The van der Waals surface area contributed by atoms with E-state index in [-0.39, 0.29) is 34.0 Å². The van der Waals surface area contributed by atoms with Crippen molar-refractivity contribution < 1.29 is 0 Å². The molecule has 1 saturated heterocycles. The molecule has 0 aliphatic carbocycles. The van der Waals surface area contributed by atoms with Crippen LogP contribution < -0.4 is 10.6 Å². The van der Waals surface area contributed by atoms with Gasteiger partial charge in [0.2, 0.25) is 0 Å². The van der Waals surface area contributed by atoms with Crippen LogP contribution in [0.4, 0.5) is 0 Å². The van der Waals surface area contributed by atoms with Gasteiger partial charge >= 0.3 is 0 Å². The Morgan fingerprint density at radius 1 is 1.05 bits per heavy atom. The second-order valence-corrected chi connectivity index (χ2v) is 5.68. The van der Waals surface area contributed by atoms with Crippen LogP contribution in [0.5, 0.6) is 0 Å². The van der Waals surface area contributed by atoms with Gasteiger partial charge in [-0.2, -0.15) is 0 Å². The van der Waals surface area contributed by atoms with E-state index in [0.717, 1.165) is 24.5 Å². The van der Waals surface area contributed by atoms with Crippen molar-refractivity contribution in [3.05, 3.63) is 70.7 Å². The van der Waals surface area contributed by atoms with E-state index in [1.165, 1.54) is 11.1 Å². The van der Waals surface area contributed by atoms with E-state index in [9.17, 15) is 0 Å². The molecule has 120 valence electrons. The van der Waals surface area contributed by atoms with Crippen LogP contribution >= 0.6 is 45.6 Å². The molecule has 2 nitrogen and oxygen atoms in total. The molecule has 0 radical (unpaired) electrons. The Bertz CT molecular complexity index is 566. The molecule has 2 aromatic rings. The van der Waals surface area contributed by atoms with Crippen molar-refractivity contribution in [2.75, 3.05) is 6.54 Å². The highest BCUT2D eigenvalue weighted by Gasteiger charge is 2.27. The standard InChI is InChI=1S/C17H19ClN2.2BrH/c18-15-8-4-5-13(11-15)12-20-16-9-10-19-17(16)14-6-2-1-3-7-14;;/h1-8,11,16-17,19-20H,9-10,12H2;2*1H/t16-,17-;;/m0../s1. The average molecular weight is 449 g/mol. The highest BCUT2D eigenvalue weighted by atomic mass is 79.9. The first-order chi connectivity index (χ1) is 9.83. The van der Waals surface area contributed by atoms with Gasteiger partial charge in [-0.25, -0.2) is 0 Å². The number of hydrogen-bond acceptors (Lipinski definition) is 2. The smallest absolute Gasteiger partial charge is 0.0476 e. The average Bonchev–Trinajstić information content (AvgIpc) is 2.95. The van der Waals surface area contributed by atoms with Crippen LogP contribution in [-0.4, -0.2) is 12.6 Å². The van der Waals surface area contributed by atoms with E-state index in [2.05, 4.69) is 47.0 Å². The molecular formula is C17H21Br2ClN2. The zero-order valence-electron chi connectivity index (χ0n) is 12.2. The van der Waals surface area contributed by atoms with Gasteiger partial charge in [0.05, 0.1) is 0 Å². The van der Waals surface area contributed by atoms with Crippen LogP contribution in [0.15, 0.2) is 54.6 Å². The van der Waals surface area contributed by atoms with Crippen LogP contribution in [0, 0.1) is 0 Å². The van der Waals surface area contributed by atoms with E-state index in [4.69, 9.17) is 11.6 Å². The van der Waals surface area contributed by atoms with Crippen molar-refractivity contribution in [1.82, 2.24) is 10.6 Å². The third-order valence-electron chi connectivity index (χ3n) is 3.84. The van der Waals surface area contributed by atoms with Crippen molar-refractivity contribution in [3.63, 3.8) is 0 Å². The molecule has 0 bridgehead atoms. The molecule has 0 saturated carbocycles. The van der Waals surface area contributed by atoms with Crippen LogP contribution in [0.1, 0.15) is 23.6 Å². The number of halogens is 3. The Morgan fingerprint density at radius 2 is 1.82 bits per heavy atom. The monoisotopic (exact) mass is 446 g/mol. The lowest BCUT2D eigenvalue weighted by molar-refractivity contribution is 0.461. The lowest BCUT2D eigenvalue weighted by Crippen LogP contribution is -2.33. The Kier molecular flexibility index (Phi) is 8.65. The van der Waals surface area contributed by atoms with Crippen LogP contribution in [0.3, 0.4) is 0 Å². The van der Waals surface area contributed by atoms with Gasteiger partial charge in [0.15, 0.2) is 0 Å². The maximum Gasteiger partial charge on any atom is 0.0476 e. The summed E-state index contributed by atoms with van der Waals surface area (Å²) in [7, 11) is 0. The molecule has 2 N–H and O–H groups in total. The Labute approximate surface area is 158 Å². The highest BCUT2D eigenvalue weighted by Crippen LogP contribution is 2.24. The van der Waals surface area contributed by atoms with Crippen LogP contribution in [-0.2, 0) is 6.54 Å². The van der Waals surface area contributed by atoms with Gasteiger partial charge < -0.3 is 10.6 Å². The summed E-state index contributed by atoms with van der Waals surface area (Å²) < 4.78 is 0. The molecule has 22 heavy (non-hydrogen) atoms. The Hall–Kier alpha value is -0.390. The fraction of sp³-hybridized carbons (Fsp3) is 0.294. The van der Waals surface area contributed by atoms with Crippen LogP contribution in [0.2, 0.25) is 5.02 Å².